The number of ether oxygens (including phenoxy) is 1. The van der Waals surface area contributed by atoms with Gasteiger partial charge in [-0.2, -0.15) is 10.1 Å². The molecule has 0 aliphatic rings. The molecule has 20 heavy (non-hydrogen) atoms. The predicted molar refractivity (Wildman–Crippen MR) is 68.7 cm³/mol. The summed E-state index contributed by atoms with van der Waals surface area (Å²) in [5.74, 6) is 0.783. The van der Waals surface area contributed by atoms with Crippen LogP contribution < -0.4 is 5.32 Å². The van der Waals surface area contributed by atoms with Crippen molar-refractivity contribution >= 4 is 5.91 Å². The fourth-order valence-corrected chi connectivity index (χ4v) is 1.60. The van der Waals surface area contributed by atoms with Gasteiger partial charge in [-0.25, -0.2) is 0 Å². The summed E-state index contributed by atoms with van der Waals surface area (Å²) in [4.78, 5) is 16.1. The molecule has 108 valence electrons. The standard InChI is InChI=1S/C12H17N5O3/c1-9(17-6-3-5-14-17)12(18)13-8-10-15-11(20-16-10)4-7-19-2/h3,5-6,9H,4,7-8H2,1-2H3,(H,13,18)/t9-/m0/s1. The van der Waals surface area contributed by atoms with E-state index in [4.69, 9.17) is 9.26 Å². The molecule has 2 rings (SSSR count). The molecule has 0 radical (unpaired) electrons. The predicted octanol–water partition coefficient (Wildman–Crippen LogP) is 0.332. The molecule has 0 spiro atoms. The number of hydrogen-bond donors (Lipinski definition) is 1. The van der Waals surface area contributed by atoms with Crippen LogP contribution in [0.15, 0.2) is 23.0 Å². The zero-order chi connectivity index (χ0) is 14.4. The molecule has 0 aliphatic carbocycles. The van der Waals surface area contributed by atoms with Gasteiger partial charge in [-0.05, 0) is 13.0 Å². The minimum absolute atomic E-state index is 0.156. The van der Waals surface area contributed by atoms with Crippen molar-refractivity contribution < 1.29 is 14.1 Å². The Hall–Kier alpha value is -2.22. The van der Waals surface area contributed by atoms with Crippen molar-refractivity contribution in [1.29, 1.82) is 0 Å². The molecule has 1 N–H and O–H groups in total. The molecular formula is C12H17N5O3. The Balaban J connectivity index is 1.82. The van der Waals surface area contributed by atoms with Crippen LogP contribution in [0.2, 0.25) is 0 Å². The molecule has 2 heterocycles. The van der Waals surface area contributed by atoms with Crippen LogP contribution in [0.4, 0.5) is 0 Å². The summed E-state index contributed by atoms with van der Waals surface area (Å²) in [7, 11) is 1.61. The van der Waals surface area contributed by atoms with E-state index in [1.807, 2.05) is 0 Å². The second kappa shape index (κ2) is 6.80. The van der Waals surface area contributed by atoms with Crippen molar-refractivity contribution in [2.45, 2.75) is 25.9 Å². The quantitative estimate of drug-likeness (QED) is 0.785. The van der Waals surface area contributed by atoms with Gasteiger partial charge in [0.05, 0.1) is 19.6 Å². The lowest BCUT2D eigenvalue weighted by molar-refractivity contribution is -0.124. The molecule has 0 fully saturated rings. The highest BCUT2D eigenvalue weighted by Crippen LogP contribution is 2.04. The lowest BCUT2D eigenvalue weighted by atomic mass is 10.3. The van der Waals surface area contributed by atoms with E-state index in [1.165, 1.54) is 0 Å². The minimum Gasteiger partial charge on any atom is -0.384 e. The zero-order valence-electron chi connectivity index (χ0n) is 11.4. The Morgan fingerprint density at radius 3 is 3.15 bits per heavy atom. The van der Waals surface area contributed by atoms with Crippen molar-refractivity contribution in [3.8, 4) is 0 Å². The van der Waals surface area contributed by atoms with Crippen LogP contribution in [0.3, 0.4) is 0 Å². The van der Waals surface area contributed by atoms with Gasteiger partial charge in [0, 0.05) is 19.5 Å². The fourth-order valence-electron chi connectivity index (χ4n) is 1.60. The van der Waals surface area contributed by atoms with E-state index >= 15 is 0 Å². The molecule has 2 aromatic heterocycles. The second-order valence-corrected chi connectivity index (χ2v) is 4.23. The minimum atomic E-state index is -0.384. The van der Waals surface area contributed by atoms with Gasteiger partial charge in [-0.3, -0.25) is 9.48 Å². The van der Waals surface area contributed by atoms with E-state index in [0.717, 1.165) is 0 Å². The fraction of sp³-hybridized carbons (Fsp3) is 0.500. The molecule has 0 unspecified atom stereocenters. The highest BCUT2D eigenvalue weighted by atomic mass is 16.5. The Morgan fingerprint density at radius 2 is 2.45 bits per heavy atom. The summed E-state index contributed by atoms with van der Waals surface area (Å²) in [6, 6.07) is 1.38. The summed E-state index contributed by atoms with van der Waals surface area (Å²) >= 11 is 0. The molecule has 0 saturated heterocycles. The van der Waals surface area contributed by atoms with Crippen molar-refractivity contribution in [2.24, 2.45) is 0 Å². The number of carbonyl (C=O) groups is 1. The van der Waals surface area contributed by atoms with Gasteiger partial charge >= 0.3 is 0 Å². The SMILES string of the molecule is COCCc1nc(CNC(=O)[C@H](C)n2cccn2)no1. The molecular weight excluding hydrogens is 262 g/mol. The third-order valence-electron chi connectivity index (χ3n) is 2.75. The zero-order valence-corrected chi connectivity index (χ0v) is 11.4. The lowest BCUT2D eigenvalue weighted by Crippen LogP contribution is -2.31. The first-order valence-corrected chi connectivity index (χ1v) is 6.28. The van der Waals surface area contributed by atoms with Crippen molar-refractivity contribution in [2.75, 3.05) is 13.7 Å². The third kappa shape index (κ3) is 3.64. The van der Waals surface area contributed by atoms with Crippen molar-refractivity contribution in [1.82, 2.24) is 25.2 Å². The van der Waals surface area contributed by atoms with E-state index in [9.17, 15) is 4.79 Å². The lowest BCUT2D eigenvalue weighted by Gasteiger charge is -2.11. The number of rotatable bonds is 7. The highest BCUT2D eigenvalue weighted by molar-refractivity contribution is 5.79. The molecule has 1 amide bonds. The van der Waals surface area contributed by atoms with E-state index in [-0.39, 0.29) is 18.5 Å². The van der Waals surface area contributed by atoms with Gasteiger partial charge < -0.3 is 14.6 Å². The number of amides is 1. The maximum atomic E-state index is 11.9. The Morgan fingerprint density at radius 1 is 1.60 bits per heavy atom. The van der Waals surface area contributed by atoms with Gasteiger partial charge in [0.1, 0.15) is 6.04 Å². The van der Waals surface area contributed by atoms with Crippen molar-refractivity contribution in [3.05, 3.63) is 30.2 Å². The Bertz CT molecular complexity index is 537. The number of carbonyl (C=O) groups excluding carboxylic acids is 1. The molecule has 0 saturated carbocycles. The van der Waals surface area contributed by atoms with Gasteiger partial charge in [0.25, 0.3) is 0 Å². The van der Waals surface area contributed by atoms with Gasteiger partial charge in [0.15, 0.2) is 5.82 Å². The highest BCUT2D eigenvalue weighted by Gasteiger charge is 2.15. The van der Waals surface area contributed by atoms with E-state index < -0.39 is 0 Å². The van der Waals surface area contributed by atoms with E-state index in [1.54, 1.807) is 37.2 Å². The average molecular weight is 279 g/mol. The van der Waals surface area contributed by atoms with Crippen LogP contribution in [-0.2, 0) is 22.5 Å². The van der Waals surface area contributed by atoms with Crippen LogP contribution in [-0.4, -0.2) is 39.5 Å². The largest absolute Gasteiger partial charge is 0.384 e. The van der Waals surface area contributed by atoms with Crippen LogP contribution >= 0.6 is 0 Å². The molecule has 0 bridgehead atoms. The van der Waals surface area contributed by atoms with E-state index in [0.29, 0.717) is 24.7 Å². The molecule has 0 aliphatic heterocycles. The summed E-state index contributed by atoms with van der Waals surface area (Å²) in [5, 5.41) is 10.5. The van der Waals surface area contributed by atoms with Gasteiger partial charge in [-0.1, -0.05) is 5.16 Å². The summed E-state index contributed by atoms with van der Waals surface area (Å²) in [5.41, 5.74) is 0. The molecule has 0 aromatic carbocycles. The summed E-state index contributed by atoms with van der Waals surface area (Å²) < 4.78 is 11.5. The average Bonchev–Trinajstić information content (AvgIpc) is 3.13. The molecule has 1 atom stereocenters. The Kier molecular flexibility index (Phi) is 4.83. The topological polar surface area (TPSA) is 95.1 Å². The third-order valence-corrected chi connectivity index (χ3v) is 2.75. The van der Waals surface area contributed by atoms with Crippen molar-refractivity contribution in [3.63, 3.8) is 0 Å². The number of methoxy groups -OCH3 is 1. The Labute approximate surface area is 116 Å². The molecule has 2 aromatic rings. The number of nitrogens with zero attached hydrogens (tertiary/aromatic N) is 4. The first-order valence-electron chi connectivity index (χ1n) is 6.28. The van der Waals surface area contributed by atoms with Crippen LogP contribution in [0.25, 0.3) is 0 Å². The van der Waals surface area contributed by atoms with Crippen LogP contribution in [0.1, 0.15) is 24.7 Å². The van der Waals surface area contributed by atoms with Crippen LogP contribution in [0, 0.1) is 0 Å². The maximum absolute atomic E-state index is 11.9. The number of aromatic nitrogens is 4. The van der Waals surface area contributed by atoms with Gasteiger partial charge in [0.2, 0.25) is 11.8 Å². The van der Waals surface area contributed by atoms with Gasteiger partial charge in [-0.15, -0.1) is 0 Å². The molecule has 8 nitrogen and oxygen atoms in total. The number of nitrogens with one attached hydrogen (secondary N) is 1. The summed E-state index contributed by atoms with van der Waals surface area (Å²) in [6.07, 6.45) is 3.92. The monoisotopic (exact) mass is 279 g/mol. The van der Waals surface area contributed by atoms with E-state index in [2.05, 4.69) is 20.6 Å². The second-order valence-electron chi connectivity index (χ2n) is 4.23. The molecule has 8 heteroatoms. The normalized spacial score (nSPS) is 12.3. The first-order chi connectivity index (χ1) is 9.70. The van der Waals surface area contributed by atoms with Crippen LogP contribution in [0.5, 0.6) is 0 Å². The first kappa shape index (κ1) is 14.2. The smallest absolute Gasteiger partial charge is 0.244 e. The maximum Gasteiger partial charge on any atom is 0.244 e. The number of hydrogen-bond acceptors (Lipinski definition) is 6. The summed E-state index contributed by atoms with van der Waals surface area (Å²) in [6.45, 7) is 2.51.